The number of halogens is 1. The minimum Gasteiger partial charge on any atom is -0.465 e. The van der Waals surface area contributed by atoms with Crippen molar-refractivity contribution >= 4 is 11.7 Å². The monoisotopic (exact) mass is 170 g/mol. The summed E-state index contributed by atoms with van der Waals surface area (Å²) < 4.78 is 17.3. The first-order valence-corrected chi connectivity index (χ1v) is 3.14. The van der Waals surface area contributed by atoms with Crippen LogP contribution in [0.2, 0.25) is 0 Å². The average Bonchev–Trinajstić information content (AvgIpc) is 2.08. The molecule has 0 unspecified atom stereocenters. The zero-order valence-corrected chi connectivity index (χ0v) is 6.37. The molecule has 0 saturated carbocycles. The summed E-state index contributed by atoms with van der Waals surface area (Å²) in [7, 11) is 1.16. The largest absolute Gasteiger partial charge is 0.465 e. The highest BCUT2D eigenvalue weighted by Crippen LogP contribution is 2.12. The summed E-state index contributed by atoms with van der Waals surface area (Å²) in [5.74, 6) is -1.58. The van der Waals surface area contributed by atoms with Gasteiger partial charge in [-0.3, -0.25) is 4.98 Å². The molecule has 0 saturated heterocycles. The number of anilines is 1. The third kappa shape index (κ3) is 1.34. The number of rotatable bonds is 1. The van der Waals surface area contributed by atoms with Crippen LogP contribution in [0.4, 0.5) is 10.1 Å². The summed E-state index contributed by atoms with van der Waals surface area (Å²) in [4.78, 5) is 14.4. The van der Waals surface area contributed by atoms with Gasteiger partial charge in [-0.2, -0.15) is 0 Å². The first-order chi connectivity index (χ1) is 5.66. The lowest BCUT2D eigenvalue weighted by atomic mass is 10.2. The Morgan fingerprint density at radius 2 is 2.33 bits per heavy atom. The van der Waals surface area contributed by atoms with Gasteiger partial charge in [0.1, 0.15) is 5.56 Å². The molecule has 2 N–H and O–H groups in total. The highest BCUT2D eigenvalue weighted by molar-refractivity contribution is 5.90. The van der Waals surface area contributed by atoms with Crippen LogP contribution in [-0.2, 0) is 4.74 Å². The van der Waals surface area contributed by atoms with Crippen LogP contribution in [0, 0.1) is 5.82 Å². The predicted molar refractivity (Wildman–Crippen MR) is 39.9 cm³/mol. The van der Waals surface area contributed by atoms with E-state index in [4.69, 9.17) is 5.73 Å². The van der Waals surface area contributed by atoms with Crippen LogP contribution in [0.5, 0.6) is 0 Å². The maximum Gasteiger partial charge on any atom is 0.342 e. The van der Waals surface area contributed by atoms with Crippen molar-refractivity contribution in [3.8, 4) is 0 Å². The fraction of sp³-hybridized carbons (Fsp3) is 0.143. The second kappa shape index (κ2) is 3.17. The summed E-state index contributed by atoms with van der Waals surface area (Å²) >= 11 is 0. The van der Waals surface area contributed by atoms with Gasteiger partial charge in [-0.1, -0.05) is 0 Å². The molecule has 0 atom stereocenters. The second-order valence-corrected chi connectivity index (χ2v) is 2.08. The molecule has 0 aliphatic heterocycles. The van der Waals surface area contributed by atoms with E-state index in [1.807, 2.05) is 0 Å². The van der Waals surface area contributed by atoms with Crippen molar-refractivity contribution in [1.82, 2.24) is 4.98 Å². The highest BCUT2D eigenvalue weighted by Gasteiger charge is 2.13. The van der Waals surface area contributed by atoms with Crippen molar-refractivity contribution in [2.24, 2.45) is 0 Å². The Morgan fingerprint density at radius 3 is 2.92 bits per heavy atom. The lowest BCUT2D eigenvalue weighted by Crippen LogP contribution is -2.07. The fourth-order valence-electron chi connectivity index (χ4n) is 0.713. The summed E-state index contributed by atoms with van der Waals surface area (Å²) in [6, 6.07) is 0. The molecule has 0 fully saturated rings. The molecule has 64 valence electrons. The molecule has 0 spiro atoms. The minimum absolute atomic E-state index is 0.169. The molecular formula is C7H7FN2O2. The molecule has 0 aliphatic rings. The standard InChI is InChI=1S/C7H7FN2O2/c1-12-7(11)4-2-10-3-5(9)6(4)8/h2-3H,9H2,1H3. The normalized spacial score (nSPS) is 9.50. The lowest BCUT2D eigenvalue weighted by Gasteiger charge is -2.01. The maximum atomic E-state index is 13.0. The first-order valence-electron chi connectivity index (χ1n) is 3.14. The van der Waals surface area contributed by atoms with Gasteiger partial charge in [-0.05, 0) is 0 Å². The number of nitrogen functional groups attached to an aromatic ring is 1. The van der Waals surface area contributed by atoms with Gasteiger partial charge in [0.15, 0.2) is 5.82 Å². The summed E-state index contributed by atoms with van der Waals surface area (Å²) in [6.45, 7) is 0. The quantitative estimate of drug-likeness (QED) is 0.626. The molecule has 4 nitrogen and oxygen atoms in total. The Balaban J connectivity index is 3.16. The van der Waals surface area contributed by atoms with Gasteiger partial charge in [0.2, 0.25) is 0 Å². The Morgan fingerprint density at radius 1 is 1.67 bits per heavy atom. The van der Waals surface area contributed by atoms with Crippen molar-refractivity contribution in [3.05, 3.63) is 23.8 Å². The number of carbonyl (C=O) groups excluding carboxylic acids is 1. The number of aromatic nitrogens is 1. The van der Waals surface area contributed by atoms with Gasteiger partial charge in [0.25, 0.3) is 0 Å². The van der Waals surface area contributed by atoms with Crippen LogP contribution < -0.4 is 5.73 Å². The highest BCUT2D eigenvalue weighted by atomic mass is 19.1. The summed E-state index contributed by atoms with van der Waals surface area (Å²) in [6.07, 6.45) is 2.19. The summed E-state index contributed by atoms with van der Waals surface area (Å²) in [5, 5.41) is 0. The fourth-order valence-corrected chi connectivity index (χ4v) is 0.713. The topological polar surface area (TPSA) is 65.2 Å². The smallest absolute Gasteiger partial charge is 0.342 e. The van der Waals surface area contributed by atoms with E-state index in [0.717, 1.165) is 19.5 Å². The molecule has 0 aromatic carbocycles. The van der Waals surface area contributed by atoms with Crippen LogP contribution in [-0.4, -0.2) is 18.1 Å². The number of nitrogens with two attached hydrogens (primary N) is 1. The van der Waals surface area contributed by atoms with Gasteiger partial charge in [0, 0.05) is 6.20 Å². The van der Waals surface area contributed by atoms with Crippen LogP contribution in [0.25, 0.3) is 0 Å². The zero-order chi connectivity index (χ0) is 9.14. The number of hydrogen-bond donors (Lipinski definition) is 1. The van der Waals surface area contributed by atoms with E-state index in [0.29, 0.717) is 0 Å². The second-order valence-electron chi connectivity index (χ2n) is 2.08. The van der Waals surface area contributed by atoms with Gasteiger partial charge < -0.3 is 10.5 Å². The van der Waals surface area contributed by atoms with Crippen LogP contribution in [0.15, 0.2) is 12.4 Å². The number of esters is 1. The van der Waals surface area contributed by atoms with Crippen molar-refractivity contribution in [1.29, 1.82) is 0 Å². The third-order valence-electron chi connectivity index (χ3n) is 1.31. The van der Waals surface area contributed by atoms with Crippen molar-refractivity contribution in [3.63, 3.8) is 0 Å². The number of methoxy groups -OCH3 is 1. The molecule has 1 aromatic rings. The number of ether oxygens (including phenoxy) is 1. The van der Waals surface area contributed by atoms with E-state index < -0.39 is 11.8 Å². The van der Waals surface area contributed by atoms with Gasteiger partial charge in [-0.25, -0.2) is 9.18 Å². The lowest BCUT2D eigenvalue weighted by molar-refractivity contribution is 0.0595. The van der Waals surface area contributed by atoms with E-state index in [-0.39, 0.29) is 11.3 Å². The SMILES string of the molecule is COC(=O)c1cncc(N)c1F. The Bertz CT molecular complexity index is 314. The predicted octanol–water partition coefficient (Wildman–Crippen LogP) is 0.590. The van der Waals surface area contributed by atoms with E-state index in [2.05, 4.69) is 9.72 Å². The molecule has 0 amide bonds. The molecule has 1 heterocycles. The molecule has 12 heavy (non-hydrogen) atoms. The summed E-state index contributed by atoms with van der Waals surface area (Å²) in [5.41, 5.74) is 4.75. The third-order valence-corrected chi connectivity index (χ3v) is 1.31. The van der Waals surface area contributed by atoms with Gasteiger partial charge in [0.05, 0.1) is 19.0 Å². The Hall–Kier alpha value is -1.65. The zero-order valence-electron chi connectivity index (χ0n) is 6.37. The van der Waals surface area contributed by atoms with Crippen LogP contribution in [0.1, 0.15) is 10.4 Å². The minimum atomic E-state index is -0.795. The van der Waals surface area contributed by atoms with Crippen LogP contribution in [0.3, 0.4) is 0 Å². The number of hydrogen-bond acceptors (Lipinski definition) is 4. The maximum absolute atomic E-state index is 13.0. The molecule has 0 aliphatic carbocycles. The van der Waals surface area contributed by atoms with Gasteiger partial charge >= 0.3 is 5.97 Å². The van der Waals surface area contributed by atoms with E-state index in [9.17, 15) is 9.18 Å². The average molecular weight is 170 g/mol. The van der Waals surface area contributed by atoms with Gasteiger partial charge in [-0.15, -0.1) is 0 Å². The van der Waals surface area contributed by atoms with E-state index in [1.54, 1.807) is 0 Å². The number of carbonyl (C=O) groups is 1. The molecule has 1 aromatic heterocycles. The number of nitrogens with zero attached hydrogens (tertiary/aromatic N) is 1. The molecule has 1 rings (SSSR count). The Labute approximate surface area is 68.2 Å². The molecule has 0 bridgehead atoms. The molecule has 0 radical (unpaired) electrons. The van der Waals surface area contributed by atoms with Crippen molar-refractivity contribution in [2.75, 3.05) is 12.8 Å². The molecular weight excluding hydrogens is 163 g/mol. The van der Waals surface area contributed by atoms with Crippen LogP contribution >= 0.6 is 0 Å². The van der Waals surface area contributed by atoms with Crippen molar-refractivity contribution in [2.45, 2.75) is 0 Å². The Kier molecular flexibility index (Phi) is 2.23. The van der Waals surface area contributed by atoms with Crippen molar-refractivity contribution < 1.29 is 13.9 Å². The van der Waals surface area contributed by atoms with E-state index in [1.165, 1.54) is 0 Å². The number of pyridine rings is 1. The van der Waals surface area contributed by atoms with E-state index >= 15 is 0 Å². The first kappa shape index (κ1) is 8.45. The molecule has 5 heteroatoms.